The first-order chi connectivity index (χ1) is 15.0. The lowest BCUT2D eigenvalue weighted by Gasteiger charge is -2.20. The molecule has 31 heavy (non-hydrogen) atoms. The Hall–Kier alpha value is -3.09. The molecule has 0 saturated heterocycles. The Kier molecular flexibility index (Phi) is 6.39. The first-order valence-corrected chi connectivity index (χ1v) is 10.9. The molecule has 0 saturated carbocycles. The summed E-state index contributed by atoms with van der Waals surface area (Å²) < 4.78 is 12.2. The molecule has 158 valence electrons. The van der Waals surface area contributed by atoms with E-state index in [4.69, 9.17) is 26.1 Å². The summed E-state index contributed by atoms with van der Waals surface area (Å²) in [6.45, 7) is 2.31. The molecule has 0 atom stereocenters. The third-order valence-corrected chi connectivity index (χ3v) is 6.27. The highest BCUT2D eigenvalue weighted by molar-refractivity contribution is 7.22. The van der Waals surface area contributed by atoms with Crippen LogP contribution < -0.4 is 14.4 Å². The van der Waals surface area contributed by atoms with Crippen LogP contribution in [0.1, 0.15) is 11.1 Å². The molecule has 0 fully saturated rings. The molecule has 0 aliphatic rings. The first-order valence-electron chi connectivity index (χ1n) is 9.72. The SMILES string of the molecule is COc1ccc(C)c2sc(N(Cc3ccccc3)C(=O)COc3ccc(Cl)cc3)nc12. The van der Waals surface area contributed by atoms with Crippen LogP contribution in [0.25, 0.3) is 10.2 Å². The van der Waals surface area contributed by atoms with Crippen LogP contribution in [0.3, 0.4) is 0 Å². The van der Waals surface area contributed by atoms with Crippen molar-refractivity contribution in [2.75, 3.05) is 18.6 Å². The Morgan fingerprint density at radius 2 is 1.81 bits per heavy atom. The third kappa shape index (κ3) is 4.81. The van der Waals surface area contributed by atoms with Crippen LogP contribution in [0.4, 0.5) is 5.13 Å². The Morgan fingerprint density at radius 1 is 1.06 bits per heavy atom. The first kappa shape index (κ1) is 21.2. The number of aromatic nitrogens is 1. The molecule has 4 rings (SSSR count). The van der Waals surface area contributed by atoms with Crippen LogP contribution in [-0.4, -0.2) is 24.6 Å². The lowest BCUT2D eigenvalue weighted by Crippen LogP contribution is -2.34. The highest BCUT2D eigenvalue weighted by atomic mass is 35.5. The van der Waals surface area contributed by atoms with Gasteiger partial charge in [-0.05, 0) is 48.4 Å². The van der Waals surface area contributed by atoms with Crippen LogP contribution in [0.5, 0.6) is 11.5 Å². The van der Waals surface area contributed by atoms with Crippen molar-refractivity contribution in [3.8, 4) is 11.5 Å². The van der Waals surface area contributed by atoms with Crippen LogP contribution in [0.2, 0.25) is 5.02 Å². The van der Waals surface area contributed by atoms with E-state index in [2.05, 4.69) is 0 Å². The molecule has 0 aliphatic heterocycles. The molecule has 0 aliphatic carbocycles. The minimum atomic E-state index is -0.186. The van der Waals surface area contributed by atoms with E-state index in [1.165, 1.54) is 11.3 Å². The molecule has 0 bridgehead atoms. The van der Waals surface area contributed by atoms with Gasteiger partial charge in [0.2, 0.25) is 0 Å². The smallest absolute Gasteiger partial charge is 0.267 e. The molecule has 1 aromatic heterocycles. The number of thiazole rings is 1. The number of rotatable bonds is 7. The summed E-state index contributed by atoms with van der Waals surface area (Å²) in [7, 11) is 1.62. The number of hydrogen-bond acceptors (Lipinski definition) is 5. The number of benzene rings is 3. The maximum absolute atomic E-state index is 13.2. The van der Waals surface area contributed by atoms with Crippen molar-refractivity contribution in [3.05, 3.63) is 82.9 Å². The van der Waals surface area contributed by atoms with Crippen molar-refractivity contribution in [2.24, 2.45) is 0 Å². The minimum absolute atomic E-state index is 0.111. The van der Waals surface area contributed by atoms with Crippen LogP contribution >= 0.6 is 22.9 Å². The van der Waals surface area contributed by atoms with E-state index in [0.717, 1.165) is 21.3 Å². The number of ether oxygens (including phenoxy) is 2. The van der Waals surface area contributed by atoms with Gasteiger partial charge in [0, 0.05) is 5.02 Å². The second-order valence-corrected chi connectivity index (χ2v) is 8.38. The van der Waals surface area contributed by atoms with Crippen molar-refractivity contribution in [3.63, 3.8) is 0 Å². The van der Waals surface area contributed by atoms with Gasteiger partial charge in [-0.2, -0.15) is 0 Å². The number of halogens is 1. The average Bonchev–Trinajstić information content (AvgIpc) is 3.24. The van der Waals surface area contributed by atoms with Crippen molar-refractivity contribution < 1.29 is 14.3 Å². The molecule has 0 spiro atoms. The summed E-state index contributed by atoms with van der Waals surface area (Å²) in [4.78, 5) is 19.6. The van der Waals surface area contributed by atoms with Gasteiger partial charge in [0.25, 0.3) is 5.91 Å². The number of anilines is 1. The highest BCUT2D eigenvalue weighted by Gasteiger charge is 2.22. The molecule has 0 unspecified atom stereocenters. The van der Waals surface area contributed by atoms with Gasteiger partial charge in [0.15, 0.2) is 11.7 Å². The number of carbonyl (C=O) groups excluding carboxylic acids is 1. The summed E-state index contributed by atoms with van der Waals surface area (Å²) >= 11 is 7.40. The van der Waals surface area contributed by atoms with Gasteiger partial charge in [-0.3, -0.25) is 9.69 Å². The van der Waals surface area contributed by atoms with E-state index in [1.807, 2.05) is 49.4 Å². The number of fused-ring (bicyclic) bond motifs is 1. The fourth-order valence-electron chi connectivity index (χ4n) is 3.16. The molecule has 1 amide bonds. The van der Waals surface area contributed by atoms with Gasteiger partial charge >= 0.3 is 0 Å². The normalized spacial score (nSPS) is 10.8. The second kappa shape index (κ2) is 9.37. The van der Waals surface area contributed by atoms with E-state index in [1.54, 1.807) is 36.3 Å². The molecule has 0 N–H and O–H groups in total. The van der Waals surface area contributed by atoms with Gasteiger partial charge in [0.05, 0.1) is 18.4 Å². The fourth-order valence-corrected chi connectivity index (χ4v) is 4.35. The number of carbonyl (C=O) groups is 1. The number of aryl methyl sites for hydroxylation is 1. The van der Waals surface area contributed by atoms with Gasteiger partial charge in [-0.25, -0.2) is 4.98 Å². The number of methoxy groups -OCH3 is 1. The van der Waals surface area contributed by atoms with E-state index >= 15 is 0 Å². The molecule has 3 aromatic carbocycles. The predicted octanol–water partition coefficient (Wildman–Crippen LogP) is 5.88. The Bertz CT molecular complexity index is 1190. The third-order valence-electron chi connectivity index (χ3n) is 4.80. The Labute approximate surface area is 189 Å². The lowest BCUT2D eigenvalue weighted by molar-refractivity contribution is -0.120. The standard InChI is InChI=1S/C24H21ClN2O3S/c1-16-8-13-20(29-2)22-23(16)31-24(26-22)27(14-17-6-4-3-5-7-17)21(28)15-30-19-11-9-18(25)10-12-19/h3-13H,14-15H2,1-2H3. The van der Waals surface area contributed by atoms with Crippen molar-refractivity contribution >= 4 is 44.2 Å². The number of hydrogen-bond donors (Lipinski definition) is 0. The second-order valence-electron chi connectivity index (χ2n) is 6.97. The van der Waals surface area contributed by atoms with Gasteiger partial charge in [-0.15, -0.1) is 0 Å². The zero-order valence-electron chi connectivity index (χ0n) is 17.2. The summed E-state index contributed by atoms with van der Waals surface area (Å²) in [5, 5.41) is 1.22. The van der Waals surface area contributed by atoms with E-state index in [0.29, 0.717) is 28.2 Å². The van der Waals surface area contributed by atoms with E-state index in [-0.39, 0.29) is 12.5 Å². The molecule has 4 aromatic rings. The minimum Gasteiger partial charge on any atom is -0.494 e. The average molecular weight is 453 g/mol. The number of nitrogens with zero attached hydrogens (tertiary/aromatic N) is 2. The summed E-state index contributed by atoms with van der Waals surface area (Å²) in [6.07, 6.45) is 0. The molecular formula is C24H21ClN2O3S. The van der Waals surface area contributed by atoms with Crippen LogP contribution in [0.15, 0.2) is 66.7 Å². The van der Waals surface area contributed by atoms with E-state index in [9.17, 15) is 4.79 Å². The maximum Gasteiger partial charge on any atom is 0.267 e. The zero-order valence-corrected chi connectivity index (χ0v) is 18.7. The van der Waals surface area contributed by atoms with Crippen LogP contribution in [-0.2, 0) is 11.3 Å². The lowest BCUT2D eigenvalue weighted by atomic mass is 10.2. The van der Waals surface area contributed by atoms with E-state index < -0.39 is 0 Å². The summed E-state index contributed by atoms with van der Waals surface area (Å²) in [5.74, 6) is 1.08. The van der Waals surface area contributed by atoms with Gasteiger partial charge in [-0.1, -0.05) is 59.3 Å². The topological polar surface area (TPSA) is 51.7 Å². The van der Waals surface area contributed by atoms with Crippen molar-refractivity contribution in [1.82, 2.24) is 4.98 Å². The molecule has 1 heterocycles. The van der Waals surface area contributed by atoms with Gasteiger partial charge < -0.3 is 9.47 Å². The quantitative estimate of drug-likeness (QED) is 0.351. The molecule has 5 nitrogen and oxygen atoms in total. The summed E-state index contributed by atoms with van der Waals surface area (Å²) in [6, 6.07) is 20.7. The molecular weight excluding hydrogens is 432 g/mol. The number of amides is 1. The Balaban J connectivity index is 1.65. The molecule has 0 radical (unpaired) electrons. The van der Waals surface area contributed by atoms with Crippen molar-refractivity contribution in [1.29, 1.82) is 0 Å². The molecule has 7 heteroatoms. The largest absolute Gasteiger partial charge is 0.494 e. The summed E-state index contributed by atoms with van der Waals surface area (Å²) in [5.41, 5.74) is 2.85. The highest BCUT2D eigenvalue weighted by Crippen LogP contribution is 2.37. The monoisotopic (exact) mass is 452 g/mol. The maximum atomic E-state index is 13.2. The van der Waals surface area contributed by atoms with Gasteiger partial charge in [0.1, 0.15) is 17.0 Å². The van der Waals surface area contributed by atoms with Crippen LogP contribution in [0, 0.1) is 6.92 Å². The van der Waals surface area contributed by atoms with Crippen molar-refractivity contribution in [2.45, 2.75) is 13.5 Å². The fraction of sp³-hybridized carbons (Fsp3) is 0.167. The predicted molar refractivity (Wildman–Crippen MR) is 125 cm³/mol. The zero-order chi connectivity index (χ0) is 21.8. The Morgan fingerprint density at radius 3 is 2.52 bits per heavy atom.